The first kappa shape index (κ1) is 18.5. The Balaban J connectivity index is 1.37. The van der Waals surface area contributed by atoms with Crippen molar-refractivity contribution in [2.45, 2.75) is 70.4 Å². The Bertz CT molecular complexity index is 515. The Morgan fingerprint density at radius 3 is 2.80 bits per heavy atom. The van der Waals surface area contributed by atoms with E-state index in [1.54, 1.807) is 5.57 Å². The lowest BCUT2D eigenvalue weighted by Gasteiger charge is -2.37. The van der Waals surface area contributed by atoms with Crippen molar-refractivity contribution in [2.75, 3.05) is 26.2 Å². The third-order valence-electron chi connectivity index (χ3n) is 5.66. The molecule has 0 aromatic heterocycles. The van der Waals surface area contributed by atoms with E-state index in [0.29, 0.717) is 6.04 Å². The fourth-order valence-electron chi connectivity index (χ4n) is 4.01. The van der Waals surface area contributed by atoms with Crippen LogP contribution in [-0.4, -0.2) is 59.3 Å². The average molecular weight is 366 g/mol. The summed E-state index contributed by atoms with van der Waals surface area (Å²) in [6, 6.07) is 0.301. The zero-order valence-corrected chi connectivity index (χ0v) is 16.2. The van der Waals surface area contributed by atoms with Crippen LogP contribution >= 0.6 is 12.2 Å². The number of carbonyl (C=O) groups excluding carboxylic acids is 1. The molecule has 0 spiro atoms. The summed E-state index contributed by atoms with van der Waals surface area (Å²) < 4.78 is 5.39. The number of piperidine rings is 1. The molecule has 0 aromatic carbocycles. The van der Waals surface area contributed by atoms with Crippen molar-refractivity contribution in [3.05, 3.63) is 11.6 Å². The van der Waals surface area contributed by atoms with Crippen LogP contribution in [0.15, 0.2) is 11.6 Å². The van der Waals surface area contributed by atoms with Crippen LogP contribution in [0, 0.1) is 0 Å². The molecule has 6 heteroatoms. The molecule has 1 unspecified atom stereocenters. The molecule has 1 N–H and O–H groups in total. The first-order valence-electron chi connectivity index (χ1n) is 9.85. The minimum absolute atomic E-state index is 0.0716. The van der Waals surface area contributed by atoms with E-state index in [4.69, 9.17) is 17.0 Å². The molecule has 5 nitrogen and oxygen atoms in total. The molecule has 1 amide bonds. The molecule has 1 atom stereocenters. The molecule has 0 saturated carbocycles. The zero-order chi connectivity index (χ0) is 17.6. The van der Waals surface area contributed by atoms with Gasteiger partial charge in [-0.15, -0.1) is 0 Å². The zero-order valence-electron chi connectivity index (χ0n) is 15.3. The van der Waals surface area contributed by atoms with E-state index >= 15 is 0 Å². The van der Waals surface area contributed by atoms with Gasteiger partial charge in [-0.25, -0.2) is 4.79 Å². The summed E-state index contributed by atoms with van der Waals surface area (Å²) in [6.45, 7) is 5.58. The van der Waals surface area contributed by atoms with Gasteiger partial charge in [-0.1, -0.05) is 18.6 Å². The van der Waals surface area contributed by atoms with Crippen molar-refractivity contribution < 1.29 is 9.53 Å². The van der Waals surface area contributed by atoms with Gasteiger partial charge >= 0.3 is 6.09 Å². The van der Waals surface area contributed by atoms with Crippen LogP contribution in [-0.2, 0) is 4.74 Å². The first-order chi connectivity index (χ1) is 12.2. The monoisotopic (exact) mass is 365 g/mol. The normalized spacial score (nSPS) is 24.9. The highest BCUT2D eigenvalue weighted by molar-refractivity contribution is 7.80. The maximum atomic E-state index is 12.0. The second kappa shape index (κ2) is 8.88. The quantitative estimate of drug-likeness (QED) is 0.597. The SMILES string of the molecule is CCC1CN(C2CCN(C(=S)NCCC3=CCCCC3)CC2)C(=O)O1. The number of hydrogen-bond acceptors (Lipinski definition) is 3. The number of nitrogens with zero attached hydrogens (tertiary/aromatic N) is 2. The van der Waals surface area contributed by atoms with Crippen LogP contribution in [0.5, 0.6) is 0 Å². The number of carbonyl (C=O) groups is 1. The van der Waals surface area contributed by atoms with Gasteiger partial charge in [0.25, 0.3) is 0 Å². The molecule has 1 aliphatic carbocycles. The number of allylic oxidation sites excluding steroid dienone is 1. The van der Waals surface area contributed by atoms with Gasteiger partial charge in [0.15, 0.2) is 5.11 Å². The number of rotatable bonds is 5. The van der Waals surface area contributed by atoms with Crippen molar-refractivity contribution in [3.8, 4) is 0 Å². The Morgan fingerprint density at radius 2 is 2.16 bits per heavy atom. The van der Waals surface area contributed by atoms with E-state index in [1.807, 2.05) is 4.90 Å². The van der Waals surface area contributed by atoms with Crippen molar-refractivity contribution >= 4 is 23.4 Å². The van der Waals surface area contributed by atoms with E-state index in [1.165, 1.54) is 25.7 Å². The Kier molecular flexibility index (Phi) is 6.57. The lowest BCUT2D eigenvalue weighted by atomic mass is 9.97. The van der Waals surface area contributed by atoms with Gasteiger partial charge in [-0.3, -0.25) is 0 Å². The molecule has 2 saturated heterocycles. The molecule has 0 aromatic rings. The number of cyclic esters (lactones) is 1. The topological polar surface area (TPSA) is 44.8 Å². The maximum Gasteiger partial charge on any atom is 0.410 e. The molecule has 3 aliphatic rings. The van der Waals surface area contributed by atoms with Crippen LogP contribution in [0.2, 0.25) is 0 Å². The summed E-state index contributed by atoms with van der Waals surface area (Å²) in [7, 11) is 0. The summed E-state index contributed by atoms with van der Waals surface area (Å²) in [6.07, 6.45) is 11.5. The molecule has 2 aliphatic heterocycles. The minimum atomic E-state index is -0.133. The van der Waals surface area contributed by atoms with Crippen LogP contribution in [0.1, 0.15) is 58.3 Å². The fraction of sp³-hybridized carbons (Fsp3) is 0.789. The fourth-order valence-corrected chi connectivity index (χ4v) is 4.29. The van der Waals surface area contributed by atoms with Gasteiger partial charge in [-0.05, 0) is 63.6 Å². The number of amides is 1. The van der Waals surface area contributed by atoms with Crippen molar-refractivity contribution in [2.24, 2.45) is 0 Å². The lowest BCUT2D eigenvalue weighted by molar-refractivity contribution is 0.119. The largest absolute Gasteiger partial charge is 0.444 e. The molecule has 0 radical (unpaired) electrons. The molecular weight excluding hydrogens is 334 g/mol. The summed E-state index contributed by atoms with van der Waals surface area (Å²) in [4.78, 5) is 16.2. The average Bonchev–Trinajstić information content (AvgIpc) is 3.03. The van der Waals surface area contributed by atoms with E-state index in [0.717, 1.165) is 57.0 Å². The van der Waals surface area contributed by atoms with Crippen LogP contribution in [0.25, 0.3) is 0 Å². The molecular formula is C19H31N3O2S. The van der Waals surface area contributed by atoms with E-state index in [-0.39, 0.29) is 12.2 Å². The minimum Gasteiger partial charge on any atom is -0.444 e. The molecule has 2 heterocycles. The first-order valence-corrected chi connectivity index (χ1v) is 10.3. The van der Waals surface area contributed by atoms with Gasteiger partial charge in [0, 0.05) is 25.7 Å². The predicted molar refractivity (Wildman–Crippen MR) is 104 cm³/mol. The number of likely N-dealkylation sites (tertiary alicyclic amines) is 1. The summed E-state index contributed by atoms with van der Waals surface area (Å²) >= 11 is 5.57. The summed E-state index contributed by atoms with van der Waals surface area (Å²) in [5.74, 6) is 0. The van der Waals surface area contributed by atoms with Crippen molar-refractivity contribution in [1.82, 2.24) is 15.1 Å². The van der Waals surface area contributed by atoms with Gasteiger partial charge in [0.1, 0.15) is 6.10 Å². The smallest absolute Gasteiger partial charge is 0.410 e. The molecule has 2 fully saturated rings. The van der Waals surface area contributed by atoms with Gasteiger partial charge in [-0.2, -0.15) is 0 Å². The van der Waals surface area contributed by atoms with Crippen LogP contribution in [0.4, 0.5) is 4.79 Å². The van der Waals surface area contributed by atoms with Gasteiger partial charge in [0.05, 0.1) is 6.54 Å². The number of ether oxygens (including phenoxy) is 1. The third-order valence-corrected chi connectivity index (χ3v) is 6.06. The highest BCUT2D eigenvalue weighted by Gasteiger charge is 2.36. The molecule has 3 rings (SSSR count). The van der Waals surface area contributed by atoms with Crippen LogP contribution in [0.3, 0.4) is 0 Å². The van der Waals surface area contributed by atoms with Gasteiger partial charge in [0.2, 0.25) is 0 Å². The van der Waals surface area contributed by atoms with E-state index in [9.17, 15) is 4.79 Å². The lowest BCUT2D eigenvalue weighted by Crippen LogP contribution is -2.50. The second-order valence-electron chi connectivity index (χ2n) is 7.37. The Hall–Kier alpha value is -1.30. The Morgan fingerprint density at radius 1 is 1.36 bits per heavy atom. The van der Waals surface area contributed by atoms with Crippen molar-refractivity contribution in [1.29, 1.82) is 0 Å². The highest BCUT2D eigenvalue weighted by Crippen LogP contribution is 2.24. The standard InChI is InChI=1S/C19H31N3O2S/c1-2-17-14-22(19(23)24-17)16-9-12-21(13-10-16)18(25)20-11-8-15-6-4-3-5-7-15/h6,16-17H,2-5,7-14H2,1H3,(H,20,25). The van der Waals surface area contributed by atoms with Crippen LogP contribution < -0.4 is 5.32 Å². The highest BCUT2D eigenvalue weighted by atomic mass is 32.1. The Labute approximate surface area is 156 Å². The maximum absolute atomic E-state index is 12.0. The molecule has 25 heavy (non-hydrogen) atoms. The van der Waals surface area contributed by atoms with E-state index < -0.39 is 0 Å². The summed E-state index contributed by atoms with van der Waals surface area (Å²) in [5.41, 5.74) is 1.58. The second-order valence-corrected chi connectivity index (χ2v) is 7.76. The number of thiocarbonyl (C=S) groups is 1. The van der Waals surface area contributed by atoms with Gasteiger partial charge < -0.3 is 19.9 Å². The third kappa shape index (κ3) is 4.87. The number of hydrogen-bond donors (Lipinski definition) is 1. The molecule has 140 valence electrons. The molecule has 0 bridgehead atoms. The number of nitrogens with one attached hydrogen (secondary N) is 1. The van der Waals surface area contributed by atoms with Crippen molar-refractivity contribution in [3.63, 3.8) is 0 Å². The predicted octanol–water partition coefficient (Wildman–Crippen LogP) is 3.45. The summed E-state index contributed by atoms with van der Waals surface area (Å²) in [5, 5.41) is 4.29. The van der Waals surface area contributed by atoms with E-state index in [2.05, 4.69) is 23.2 Å².